The van der Waals surface area contributed by atoms with Crippen LogP contribution in [0.15, 0.2) is 36.4 Å². The Kier molecular flexibility index (Phi) is 8.26. The van der Waals surface area contributed by atoms with E-state index in [2.05, 4.69) is 53.3 Å². The van der Waals surface area contributed by atoms with E-state index in [1.165, 1.54) is 0 Å². The molecule has 0 aliphatic rings. The first-order valence-electron chi connectivity index (χ1n) is 8.68. The van der Waals surface area contributed by atoms with Gasteiger partial charge in [0.05, 0.1) is 35.0 Å². The van der Waals surface area contributed by atoms with Gasteiger partial charge in [-0.3, -0.25) is 4.98 Å². The first kappa shape index (κ1) is 20.3. The number of pyridine rings is 2. The molecule has 0 fully saturated rings. The fraction of sp³-hybridized carbons (Fsp3) is 0.500. The van der Waals surface area contributed by atoms with Gasteiger partial charge in [-0.1, -0.05) is 34.7 Å². The lowest BCUT2D eigenvalue weighted by Gasteiger charge is -2.19. The van der Waals surface area contributed by atoms with Crippen molar-refractivity contribution in [3.8, 4) is 11.4 Å². The van der Waals surface area contributed by atoms with Gasteiger partial charge in [0.25, 0.3) is 0 Å². The van der Waals surface area contributed by atoms with E-state index in [1.807, 2.05) is 36.4 Å². The third-order valence-electron chi connectivity index (χ3n) is 3.48. The van der Waals surface area contributed by atoms with Gasteiger partial charge in [-0.15, -0.1) is 0 Å². The summed E-state index contributed by atoms with van der Waals surface area (Å²) in [6.07, 6.45) is 2.01. The van der Waals surface area contributed by atoms with E-state index < -0.39 is 0 Å². The highest BCUT2D eigenvalue weighted by Gasteiger charge is 2.09. The van der Waals surface area contributed by atoms with E-state index in [1.54, 1.807) is 0 Å². The van der Waals surface area contributed by atoms with Crippen LogP contribution in [0.25, 0.3) is 11.4 Å². The van der Waals surface area contributed by atoms with Gasteiger partial charge in [0.1, 0.15) is 0 Å². The van der Waals surface area contributed by atoms with Gasteiger partial charge in [0, 0.05) is 17.6 Å². The van der Waals surface area contributed by atoms with Crippen molar-refractivity contribution in [2.45, 2.75) is 50.2 Å². The number of rotatable bonds is 9. The van der Waals surface area contributed by atoms with Gasteiger partial charge in [-0.25, -0.2) is 4.98 Å². The van der Waals surface area contributed by atoms with E-state index in [0.717, 1.165) is 53.3 Å². The zero-order valence-corrected chi connectivity index (χ0v) is 17.5. The van der Waals surface area contributed by atoms with Crippen molar-refractivity contribution in [2.24, 2.45) is 0 Å². The normalized spacial score (nSPS) is 11.7. The van der Waals surface area contributed by atoms with E-state index in [4.69, 9.17) is 9.47 Å². The Morgan fingerprint density at radius 2 is 1.48 bits per heavy atom. The summed E-state index contributed by atoms with van der Waals surface area (Å²) in [4.78, 5) is 9.30. The highest BCUT2D eigenvalue weighted by atomic mass is 127. The highest BCUT2D eigenvalue weighted by Crippen LogP contribution is 2.16. The fourth-order valence-corrected chi connectivity index (χ4v) is 2.69. The maximum Gasteiger partial charge on any atom is 0.0890 e. The molecule has 25 heavy (non-hydrogen) atoms. The van der Waals surface area contributed by atoms with Gasteiger partial charge in [-0.05, 0) is 57.9 Å². The topological polar surface area (TPSA) is 44.2 Å². The Hall–Kier alpha value is -1.05. The van der Waals surface area contributed by atoms with Gasteiger partial charge < -0.3 is 9.47 Å². The minimum absolute atomic E-state index is 0.0616. The van der Waals surface area contributed by atoms with Crippen LogP contribution >= 0.6 is 22.6 Å². The Balaban J connectivity index is 1.78. The maximum atomic E-state index is 5.75. The minimum atomic E-state index is -0.0616. The van der Waals surface area contributed by atoms with Crippen LogP contribution in [0.2, 0.25) is 0 Å². The standard InChI is InChI=1S/C20H27IN2O2/c1-20(2,3)25-13-5-4-12-24-15-17-9-7-11-19(23-17)18-10-6-8-16(14-21)22-18/h6-11H,4-5,12-15H2,1-3H3. The van der Waals surface area contributed by atoms with E-state index in [-0.39, 0.29) is 5.60 Å². The quantitative estimate of drug-likeness (QED) is 0.297. The smallest absolute Gasteiger partial charge is 0.0890 e. The maximum absolute atomic E-state index is 5.75. The summed E-state index contributed by atoms with van der Waals surface area (Å²) < 4.78 is 12.3. The van der Waals surface area contributed by atoms with Crippen LogP contribution in [0.5, 0.6) is 0 Å². The summed E-state index contributed by atoms with van der Waals surface area (Å²) in [5.74, 6) is 0. The molecule has 0 saturated heterocycles. The zero-order valence-electron chi connectivity index (χ0n) is 15.3. The number of aromatic nitrogens is 2. The Bertz CT molecular complexity index is 656. The number of halogens is 1. The molecule has 2 aromatic rings. The molecule has 2 heterocycles. The third-order valence-corrected chi connectivity index (χ3v) is 4.26. The number of hydrogen-bond donors (Lipinski definition) is 0. The molecule has 4 nitrogen and oxygen atoms in total. The summed E-state index contributed by atoms with van der Waals surface area (Å²) in [6.45, 7) is 8.26. The second kappa shape index (κ2) is 10.2. The summed E-state index contributed by atoms with van der Waals surface area (Å²) >= 11 is 2.32. The lowest BCUT2D eigenvalue weighted by molar-refractivity contribution is -0.00768. The molecule has 0 spiro atoms. The average molecular weight is 454 g/mol. The third kappa shape index (κ3) is 7.79. The molecule has 0 aliphatic heterocycles. The number of nitrogens with zero attached hydrogens (tertiary/aromatic N) is 2. The predicted octanol–water partition coefficient (Wildman–Crippen LogP) is 5.19. The summed E-state index contributed by atoms with van der Waals surface area (Å²) in [5.41, 5.74) is 3.75. The Morgan fingerprint density at radius 3 is 2.12 bits per heavy atom. The molecule has 0 N–H and O–H groups in total. The zero-order chi connectivity index (χ0) is 18.1. The van der Waals surface area contributed by atoms with Crippen LogP contribution in [0.3, 0.4) is 0 Å². The van der Waals surface area contributed by atoms with Crippen molar-refractivity contribution in [1.29, 1.82) is 0 Å². The SMILES string of the molecule is CC(C)(C)OCCCCOCc1cccc(-c2cccc(CI)n2)n1. The van der Waals surface area contributed by atoms with Gasteiger partial charge in [0.2, 0.25) is 0 Å². The lowest BCUT2D eigenvalue weighted by atomic mass is 10.2. The van der Waals surface area contributed by atoms with E-state index in [9.17, 15) is 0 Å². The molecule has 2 aromatic heterocycles. The Labute approximate surface area is 164 Å². The molecule has 0 amide bonds. The van der Waals surface area contributed by atoms with Gasteiger partial charge >= 0.3 is 0 Å². The number of unbranched alkanes of at least 4 members (excludes halogenated alkanes) is 1. The largest absolute Gasteiger partial charge is 0.376 e. The van der Waals surface area contributed by atoms with E-state index >= 15 is 0 Å². The molecule has 0 atom stereocenters. The minimum Gasteiger partial charge on any atom is -0.376 e. The average Bonchev–Trinajstić information content (AvgIpc) is 2.60. The lowest BCUT2D eigenvalue weighted by Crippen LogP contribution is -2.19. The molecular formula is C20H27IN2O2. The van der Waals surface area contributed by atoms with Crippen molar-refractivity contribution in [3.05, 3.63) is 47.8 Å². The predicted molar refractivity (Wildman–Crippen MR) is 110 cm³/mol. The Morgan fingerprint density at radius 1 is 0.880 bits per heavy atom. The molecule has 0 aliphatic carbocycles. The number of ether oxygens (including phenoxy) is 2. The molecular weight excluding hydrogens is 427 g/mol. The molecule has 136 valence electrons. The molecule has 0 saturated carbocycles. The molecule has 2 rings (SSSR count). The molecule has 0 radical (unpaired) electrons. The van der Waals surface area contributed by atoms with Crippen LogP contribution in [0, 0.1) is 0 Å². The van der Waals surface area contributed by atoms with Crippen LogP contribution in [-0.2, 0) is 20.5 Å². The monoisotopic (exact) mass is 454 g/mol. The van der Waals surface area contributed by atoms with Crippen molar-refractivity contribution in [3.63, 3.8) is 0 Å². The van der Waals surface area contributed by atoms with Crippen LogP contribution in [0.1, 0.15) is 45.0 Å². The van der Waals surface area contributed by atoms with Crippen molar-refractivity contribution in [2.75, 3.05) is 13.2 Å². The van der Waals surface area contributed by atoms with Crippen molar-refractivity contribution >= 4 is 22.6 Å². The number of hydrogen-bond acceptors (Lipinski definition) is 4. The summed E-state index contributed by atoms with van der Waals surface area (Å²) in [5, 5.41) is 0. The van der Waals surface area contributed by atoms with Gasteiger partial charge in [0.15, 0.2) is 0 Å². The second-order valence-electron chi connectivity index (χ2n) is 6.88. The van der Waals surface area contributed by atoms with Crippen molar-refractivity contribution in [1.82, 2.24) is 9.97 Å². The molecule has 5 heteroatoms. The summed E-state index contributed by atoms with van der Waals surface area (Å²) in [7, 11) is 0. The number of alkyl halides is 1. The van der Waals surface area contributed by atoms with Gasteiger partial charge in [-0.2, -0.15) is 0 Å². The van der Waals surface area contributed by atoms with Crippen LogP contribution < -0.4 is 0 Å². The first-order valence-corrected chi connectivity index (χ1v) is 10.2. The molecule has 0 aromatic carbocycles. The fourth-order valence-electron chi connectivity index (χ4n) is 2.26. The van der Waals surface area contributed by atoms with Crippen LogP contribution in [0.4, 0.5) is 0 Å². The van der Waals surface area contributed by atoms with E-state index in [0.29, 0.717) is 6.61 Å². The summed E-state index contributed by atoms with van der Waals surface area (Å²) in [6, 6.07) is 12.1. The first-order chi connectivity index (χ1) is 12.0. The second-order valence-corrected chi connectivity index (χ2v) is 7.65. The van der Waals surface area contributed by atoms with Crippen LogP contribution in [-0.4, -0.2) is 28.8 Å². The highest BCUT2D eigenvalue weighted by molar-refractivity contribution is 14.1. The molecule has 0 unspecified atom stereocenters. The van der Waals surface area contributed by atoms with Crippen molar-refractivity contribution < 1.29 is 9.47 Å². The molecule has 0 bridgehead atoms.